The number of nitrogens with zero attached hydrogens (tertiary/aromatic N) is 1. The maximum Gasteiger partial charge on any atom is 0.253 e. The van der Waals surface area contributed by atoms with E-state index in [1.807, 2.05) is 20.8 Å². The third-order valence-corrected chi connectivity index (χ3v) is 3.15. The van der Waals surface area contributed by atoms with Crippen molar-refractivity contribution in [1.29, 1.82) is 0 Å². The third-order valence-electron chi connectivity index (χ3n) is 3.15. The number of hydrogen-bond acceptors (Lipinski definition) is 3. The Labute approximate surface area is 132 Å². The Balaban J connectivity index is 0.00000400. The van der Waals surface area contributed by atoms with Crippen molar-refractivity contribution < 1.29 is 9.59 Å². The summed E-state index contributed by atoms with van der Waals surface area (Å²) in [6.45, 7) is 6.57. The highest BCUT2D eigenvalue weighted by Crippen LogP contribution is 2.09. The predicted octanol–water partition coefficient (Wildman–Crippen LogP) is 1.67. The molecule has 0 atom stereocenters. The molecule has 1 rings (SSSR count). The van der Waals surface area contributed by atoms with Crippen LogP contribution >= 0.6 is 12.4 Å². The minimum atomic E-state index is -0.475. The zero-order valence-corrected chi connectivity index (χ0v) is 13.8. The summed E-state index contributed by atoms with van der Waals surface area (Å²) in [5.74, 6) is -0.325. The van der Waals surface area contributed by atoms with E-state index in [-0.39, 0.29) is 24.2 Å². The number of halogens is 1. The maximum atomic E-state index is 12.1. The van der Waals surface area contributed by atoms with Gasteiger partial charge in [0.1, 0.15) is 0 Å². The van der Waals surface area contributed by atoms with Crippen LogP contribution in [0.3, 0.4) is 0 Å². The lowest BCUT2D eigenvalue weighted by Gasteiger charge is -2.24. The van der Waals surface area contributed by atoms with Crippen molar-refractivity contribution in [2.45, 2.75) is 26.3 Å². The van der Waals surface area contributed by atoms with Crippen LogP contribution in [-0.2, 0) is 0 Å². The van der Waals surface area contributed by atoms with Crippen molar-refractivity contribution in [3.05, 3.63) is 35.4 Å². The first-order valence-electron chi connectivity index (χ1n) is 6.69. The number of carbonyl (C=O) groups is 2. The molecule has 0 saturated heterocycles. The molecule has 118 valence electrons. The molecule has 0 aliphatic rings. The lowest BCUT2D eigenvalue weighted by Crippen LogP contribution is -2.48. The van der Waals surface area contributed by atoms with Crippen molar-refractivity contribution in [1.82, 2.24) is 10.2 Å². The summed E-state index contributed by atoms with van der Waals surface area (Å²) in [5.41, 5.74) is 6.09. The minimum absolute atomic E-state index is 0. The van der Waals surface area contributed by atoms with Crippen LogP contribution in [0.2, 0.25) is 0 Å². The summed E-state index contributed by atoms with van der Waals surface area (Å²) in [6.07, 6.45) is 0. The van der Waals surface area contributed by atoms with E-state index in [1.165, 1.54) is 0 Å². The molecule has 0 aliphatic carbocycles. The molecule has 5 nitrogen and oxygen atoms in total. The normalized spacial score (nSPS) is 10.5. The fraction of sp³-hybridized carbons (Fsp3) is 0.467. The molecule has 0 fully saturated rings. The zero-order chi connectivity index (χ0) is 15.3. The van der Waals surface area contributed by atoms with Gasteiger partial charge in [0.15, 0.2) is 0 Å². The van der Waals surface area contributed by atoms with E-state index in [0.29, 0.717) is 24.2 Å². The fourth-order valence-corrected chi connectivity index (χ4v) is 1.59. The van der Waals surface area contributed by atoms with Gasteiger partial charge >= 0.3 is 0 Å². The van der Waals surface area contributed by atoms with Gasteiger partial charge in [0.05, 0.1) is 0 Å². The second-order valence-electron chi connectivity index (χ2n) is 5.44. The van der Waals surface area contributed by atoms with Gasteiger partial charge in [0.25, 0.3) is 11.8 Å². The first kappa shape index (κ1) is 19.4. The molecular weight excluding hydrogens is 290 g/mol. The van der Waals surface area contributed by atoms with Crippen LogP contribution in [0.25, 0.3) is 0 Å². The van der Waals surface area contributed by atoms with Crippen LogP contribution in [-0.4, -0.2) is 42.4 Å². The Morgan fingerprint density at radius 2 is 1.86 bits per heavy atom. The Morgan fingerprint density at radius 3 is 2.38 bits per heavy atom. The van der Waals surface area contributed by atoms with E-state index in [1.54, 1.807) is 36.2 Å². The molecular formula is C15H24ClN3O2. The molecule has 2 amide bonds. The first-order valence-corrected chi connectivity index (χ1v) is 6.69. The Kier molecular flexibility index (Phi) is 7.39. The number of benzene rings is 1. The molecule has 6 heteroatoms. The summed E-state index contributed by atoms with van der Waals surface area (Å²) < 4.78 is 0. The molecule has 0 radical (unpaired) electrons. The molecule has 0 aliphatic heterocycles. The van der Waals surface area contributed by atoms with Gasteiger partial charge in [-0.1, -0.05) is 6.07 Å². The van der Waals surface area contributed by atoms with Gasteiger partial charge in [0, 0.05) is 36.8 Å². The van der Waals surface area contributed by atoms with E-state index >= 15 is 0 Å². The number of hydrogen-bond donors (Lipinski definition) is 2. The summed E-state index contributed by atoms with van der Waals surface area (Å²) in [7, 11) is 1.73. The van der Waals surface area contributed by atoms with Gasteiger partial charge in [-0.15, -0.1) is 12.4 Å². The molecule has 3 N–H and O–H groups in total. The van der Waals surface area contributed by atoms with Crippen molar-refractivity contribution >= 4 is 24.2 Å². The number of rotatable bonds is 5. The topological polar surface area (TPSA) is 75.4 Å². The van der Waals surface area contributed by atoms with Gasteiger partial charge in [0.2, 0.25) is 0 Å². The lowest BCUT2D eigenvalue weighted by atomic mass is 10.0. The average molecular weight is 314 g/mol. The minimum Gasteiger partial charge on any atom is -0.346 e. The Hall–Kier alpha value is -1.59. The van der Waals surface area contributed by atoms with E-state index in [4.69, 9.17) is 5.73 Å². The summed E-state index contributed by atoms with van der Waals surface area (Å²) in [5, 5.41) is 2.84. The molecule has 0 unspecified atom stereocenters. The summed E-state index contributed by atoms with van der Waals surface area (Å²) in [6, 6.07) is 6.71. The quantitative estimate of drug-likeness (QED) is 0.868. The Morgan fingerprint density at radius 1 is 1.29 bits per heavy atom. The average Bonchev–Trinajstić information content (AvgIpc) is 2.45. The van der Waals surface area contributed by atoms with E-state index in [0.717, 1.165) is 0 Å². The van der Waals surface area contributed by atoms with Gasteiger partial charge < -0.3 is 16.0 Å². The van der Waals surface area contributed by atoms with Gasteiger partial charge in [-0.3, -0.25) is 9.59 Å². The lowest BCUT2D eigenvalue weighted by molar-refractivity contribution is 0.0802. The van der Waals surface area contributed by atoms with Crippen LogP contribution in [0.15, 0.2) is 24.3 Å². The maximum absolute atomic E-state index is 12.1. The number of nitrogens with two attached hydrogens (primary N) is 1. The van der Waals surface area contributed by atoms with Gasteiger partial charge in [-0.25, -0.2) is 0 Å². The molecule has 0 aromatic heterocycles. The summed E-state index contributed by atoms with van der Waals surface area (Å²) >= 11 is 0. The Bertz CT molecular complexity index is 503. The van der Waals surface area contributed by atoms with Crippen molar-refractivity contribution in [3.8, 4) is 0 Å². The first-order chi connectivity index (χ1) is 9.30. The van der Waals surface area contributed by atoms with E-state index in [2.05, 4.69) is 5.32 Å². The molecule has 21 heavy (non-hydrogen) atoms. The van der Waals surface area contributed by atoms with Crippen LogP contribution in [0.1, 0.15) is 41.5 Å². The standard InChI is InChI=1S/C15H23N3O2.ClH/c1-5-18(4)14(20)12-8-6-7-11(9-12)13(19)17-15(2,3)10-16;/h6-9H,5,10,16H2,1-4H3,(H,17,19);1H. The monoisotopic (exact) mass is 313 g/mol. The van der Waals surface area contributed by atoms with Gasteiger partial charge in [-0.05, 0) is 39.0 Å². The summed E-state index contributed by atoms with van der Waals surface area (Å²) in [4.78, 5) is 25.8. The number of carbonyl (C=O) groups excluding carboxylic acids is 2. The van der Waals surface area contributed by atoms with E-state index < -0.39 is 5.54 Å². The molecule has 0 spiro atoms. The van der Waals surface area contributed by atoms with Crippen LogP contribution < -0.4 is 11.1 Å². The molecule has 0 saturated carbocycles. The van der Waals surface area contributed by atoms with Gasteiger partial charge in [-0.2, -0.15) is 0 Å². The van der Waals surface area contributed by atoms with Crippen molar-refractivity contribution in [2.24, 2.45) is 5.73 Å². The second-order valence-corrected chi connectivity index (χ2v) is 5.44. The molecule has 0 heterocycles. The van der Waals surface area contributed by atoms with Crippen LogP contribution in [0, 0.1) is 0 Å². The largest absolute Gasteiger partial charge is 0.346 e. The van der Waals surface area contributed by atoms with Crippen LogP contribution in [0.4, 0.5) is 0 Å². The van der Waals surface area contributed by atoms with Crippen molar-refractivity contribution in [2.75, 3.05) is 20.1 Å². The zero-order valence-electron chi connectivity index (χ0n) is 13.0. The molecule has 1 aromatic carbocycles. The number of nitrogens with one attached hydrogen (secondary N) is 1. The second kappa shape index (κ2) is 8.00. The fourth-order valence-electron chi connectivity index (χ4n) is 1.59. The van der Waals surface area contributed by atoms with E-state index in [9.17, 15) is 9.59 Å². The highest BCUT2D eigenvalue weighted by Gasteiger charge is 2.20. The highest BCUT2D eigenvalue weighted by molar-refractivity contribution is 5.99. The highest BCUT2D eigenvalue weighted by atomic mass is 35.5. The molecule has 1 aromatic rings. The SMILES string of the molecule is CCN(C)C(=O)c1cccc(C(=O)NC(C)(C)CN)c1.Cl. The van der Waals surface area contributed by atoms with Crippen LogP contribution in [0.5, 0.6) is 0 Å². The smallest absolute Gasteiger partial charge is 0.253 e. The molecule has 0 bridgehead atoms. The number of amides is 2. The van der Waals surface area contributed by atoms with Crippen molar-refractivity contribution in [3.63, 3.8) is 0 Å². The predicted molar refractivity (Wildman–Crippen MR) is 86.9 cm³/mol. The third kappa shape index (κ3) is 5.36.